The highest BCUT2D eigenvalue weighted by Crippen LogP contribution is 2.27. The van der Waals surface area contributed by atoms with Crippen molar-refractivity contribution in [1.82, 2.24) is 10.2 Å². The van der Waals surface area contributed by atoms with Crippen LogP contribution in [0.1, 0.15) is 18.4 Å². The number of ether oxygens (including phenoxy) is 1. The molecule has 6 nitrogen and oxygen atoms in total. The Morgan fingerprint density at radius 2 is 2.19 bits per heavy atom. The van der Waals surface area contributed by atoms with E-state index in [0.29, 0.717) is 19.5 Å². The van der Waals surface area contributed by atoms with E-state index in [0.717, 1.165) is 24.2 Å². The summed E-state index contributed by atoms with van der Waals surface area (Å²) in [6.07, 6.45) is 1.93. The highest BCUT2D eigenvalue weighted by molar-refractivity contribution is 5.83. The van der Waals surface area contributed by atoms with Crippen molar-refractivity contribution >= 4 is 12.0 Å². The van der Waals surface area contributed by atoms with Crippen molar-refractivity contribution < 1.29 is 19.4 Å². The van der Waals surface area contributed by atoms with Gasteiger partial charge in [0, 0.05) is 13.0 Å². The number of carboxylic acid groups (broad SMARTS) is 1. The Bertz CT molecular complexity index is 535. The van der Waals surface area contributed by atoms with Crippen LogP contribution in [0.2, 0.25) is 0 Å². The number of aliphatic carboxylic acids is 1. The number of hydrogen-bond acceptors (Lipinski definition) is 3. The van der Waals surface area contributed by atoms with Crippen LogP contribution in [0, 0.1) is 0 Å². The van der Waals surface area contributed by atoms with E-state index >= 15 is 0 Å². The number of carboxylic acids is 1. The van der Waals surface area contributed by atoms with Crippen molar-refractivity contribution in [3.8, 4) is 5.75 Å². The molecule has 2 aliphatic rings. The van der Waals surface area contributed by atoms with E-state index in [1.807, 2.05) is 24.3 Å². The Balaban J connectivity index is 1.52. The fourth-order valence-electron chi connectivity index (χ4n) is 2.94. The molecule has 0 aliphatic carbocycles. The van der Waals surface area contributed by atoms with Gasteiger partial charge < -0.3 is 20.1 Å². The molecule has 2 amide bonds. The van der Waals surface area contributed by atoms with Crippen LogP contribution >= 0.6 is 0 Å². The predicted molar refractivity (Wildman–Crippen MR) is 75.3 cm³/mol. The fourth-order valence-corrected chi connectivity index (χ4v) is 2.94. The van der Waals surface area contributed by atoms with Gasteiger partial charge in [-0.1, -0.05) is 18.2 Å². The topological polar surface area (TPSA) is 78.9 Å². The Hall–Kier alpha value is -2.24. The summed E-state index contributed by atoms with van der Waals surface area (Å²) in [6.45, 7) is 0.880. The Kier molecular flexibility index (Phi) is 3.68. The molecule has 0 spiro atoms. The van der Waals surface area contributed by atoms with Crippen molar-refractivity contribution in [2.24, 2.45) is 0 Å². The van der Waals surface area contributed by atoms with E-state index < -0.39 is 12.0 Å². The second-order valence-electron chi connectivity index (χ2n) is 5.43. The zero-order valence-corrected chi connectivity index (χ0v) is 11.6. The zero-order chi connectivity index (χ0) is 14.8. The van der Waals surface area contributed by atoms with Crippen molar-refractivity contribution in [3.05, 3.63) is 29.8 Å². The molecule has 2 N–H and O–H groups in total. The van der Waals surface area contributed by atoms with Gasteiger partial charge in [0.1, 0.15) is 17.9 Å². The molecule has 21 heavy (non-hydrogen) atoms. The number of fused-ring (bicyclic) bond motifs is 1. The molecule has 2 heterocycles. The van der Waals surface area contributed by atoms with E-state index in [4.69, 9.17) is 9.84 Å². The first kappa shape index (κ1) is 13.7. The molecule has 0 radical (unpaired) electrons. The molecule has 2 aliphatic heterocycles. The van der Waals surface area contributed by atoms with Crippen molar-refractivity contribution in [2.45, 2.75) is 31.4 Å². The zero-order valence-electron chi connectivity index (χ0n) is 11.6. The lowest BCUT2D eigenvalue weighted by Gasteiger charge is -2.22. The molecular weight excluding hydrogens is 272 g/mol. The van der Waals surface area contributed by atoms with E-state index in [1.165, 1.54) is 4.90 Å². The van der Waals surface area contributed by atoms with E-state index in [9.17, 15) is 9.59 Å². The van der Waals surface area contributed by atoms with Crippen LogP contribution in [0.5, 0.6) is 5.75 Å². The Labute approximate surface area is 122 Å². The third-order valence-corrected chi connectivity index (χ3v) is 3.99. The molecule has 2 atom stereocenters. The van der Waals surface area contributed by atoms with Crippen molar-refractivity contribution in [3.63, 3.8) is 0 Å². The molecule has 0 saturated carbocycles. The number of likely N-dealkylation sites (tertiary alicyclic amines) is 1. The molecular formula is C15H18N2O4. The largest absolute Gasteiger partial charge is 0.488 e. The number of rotatable bonds is 3. The van der Waals surface area contributed by atoms with Crippen LogP contribution in [0.25, 0.3) is 0 Å². The Morgan fingerprint density at radius 3 is 2.95 bits per heavy atom. The summed E-state index contributed by atoms with van der Waals surface area (Å²) in [7, 11) is 0. The van der Waals surface area contributed by atoms with Gasteiger partial charge in [0.2, 0.25) is 0 Å². The van der Waals surface area contributed by atoms with Crippen molar-refractivity contribution in [1.29, 1.82) is 0 Å². The van der Waals surface area contributed by atoms with Gasteiger partial charge >= 0.3 is 12.0 Å². The first-order valence-corrected chi connectivity index (χ1v) is 7.17. The lowest BCUT2D eigenvalue weighted by molar-refractivity contribution is -0.141. The van der Waals surface area contributed by atoms with Gasteiger partial charge in [0.15, 0.2) is 0 Å². The number of hydrogen-bond donors (Lipinski definition) is 2. The predicted octanol–water partition coefficient (Wildman–Crippen LogP) is 1.25. The normalized spacial score (nSPS) is 23.5. The first-order chi connectivity index (χ1) is 10.1. The highest BCUT2D eigenvalue weighted by Gasteiger charge is 2.34. The SMILES string of the molecule is O=C(O)[C@@H]1CCCN1C(=O)NCC1Cc2ccccc2O1. The molecule has 1 aromatic carbocycles. The van der Waals surface area contributed by atoms with Crippen LogP contribution in [-0.4, -0.2) is 47.2 Å². The van der Waals surface area contributed by atoms with Gasteiger partial charge in [-0.25, -0.2) is 9.59 Å². The minimum atomic E-state index is -0.938. The fraction of sp³-hybridized carbons (Fsp3) is 0.467. The van der Waals surface area contributed by atoms with Gasteiger partial charge in [-0.15, -0.1) is 0 Å². The average molecular weight is 290 g/mol. The van der Waals surface area contributed by atoms with Gasteiger partial charge in [-0.05, 0) is 24.5 Å². The minimum absolute atomic E-state index is 0.0859. The van der Waals surface area contributed by atoms with Crippen LogP contribution in [0.3, 0.4) is 0 Å². The molecule has 6 heteroatoms. The lowest BCUT2D eigenvalue weighted by atomic mass is 10.1. The standard InChI is InChI=1S/C15H18N2O4/c18-14(19)12-5-3-7-17(12)15(20)16-9-11-8-10-4-1-2-6-13(10)21-11/h1-2,4,6,11-12H,3,5,7-9H2,(H,16,20)(H,18,19)/t11?,12-/m0/s1. The summed E-state index contributed by atoms with van der Waals surface area (Å²) in [5.74, 6) is -0.0755. The van der Waals surface area contributed by atoms with Crippen LogP contribution in [-0.2, 0) is 11.2 Å². The molecule has 1 saturated heterocycles. The molecule has 3 rings (SSSR count). The quantitative estimate of drug-likeness (QED) is 0.878. The molecule has 1 aromatic rings. The summed E-state index contributed by atoms with van der Waals surface area (Å²) < 4.78 is 5.74. The molecule has 0 bridgehead atoms. The van der Waals surface area contributed by atoms with Gasteiger partial charge in [-0.3, -0.25) is 0 Å². The lowest BCUT2D eigenvalue weighted by Crippen LogP contribution is -2.48. The monoisotopic (exact) mass is 290 g/mol. The van der Waals surface area contributed by atoms with E-state index in [-0.39, 0.29) is 12.1 Å². The molecule has 1 unspecified atom stereocenters. The number of para-hydroxylation sites is 1. The second-order valence-corrected chi connectivity index (χ2v) is 5.43. The van der Waals surface area contributed by atoms with Crippen LogP contribution < -0.4 is 10.1 Å². The number of carbonyl (C=O) groups excluding carboxylic acids is 1. The minimum Gasteiger partial charge on any atom is -0.488 e. The summed E-state index contributed by atoms with van der Waals surface area (Å²) in [4.78, 5) is 24.6. The maximum Gasteiger partial charge on any atom is 0.326 e. The van der Waals surface area contributed by atoms with E-state index in [2.05, 4.69) is 5.32 Å². The number of benzene rings is 1. The summed E-state index contributed by atoms with van der Waals surface area (Å²) in [5, 5.41) is 11.9. The van der Waals surface area contributed by atoms with Crippen LogP contribution in [0.15, 0.2) is 24.3 Å². The third kappa shape index (κ3) is 2.79. The summed E-state index contributed by atoms with van der Waals surface area (Å²) in [5.41, 5.74) is 1.14. The summed E-state index contributed by atoms with van der Waals surface area (Å²) >= 11 is 0. The third-order valence-electron chi connectivity index (χ3n) is 3.99. The maximum atomic E-state index is 12.1. The van der Waals surface area contributed by atoms with Gasteiger partial charge in [0.05, 0.1) is 6.54 Å². The maximum absolute atomic E-state index is 12.1. The number of carbonyl (C=O) groups is 2. The highest BCUT2D eigenvalue weighted by atomic mass is 16.5. The molecule has 0 aromatic heterocycles. The number of urea groups is 1. The average Bonchev–Trinajstić information content (AvgIpc) is 3.10. The number of amides is 2. The smallest absolute Gasteiger partial charge is 0.326 e. The Morgan fingerprint density at radius 1 is 1.38 bits per heavy atom. The van der Waals surface area contributed by atoms with E-state index in [1.54, 1.807) is 0 Å². The van der Waals surface area contributed by atoms with Gasteiger partial charge in [-0.2, -0.15) is 0 Å². The van der Waals surface area contributed by atoms with Gasteiger partial charge in [0.25, 0.3) is 0 Å². The second kappa shape index (κ2) is 5.63. The number of nitrogens with one attached hydrogen (secondary N) is 1. The summed E-state index contributed by atoms with van der Waals surface area (Å²) in [6, 6.07) is 6.79. The molecule has 112 valence electrons. The molecule has 1 fully saturated rings. The van der Waals surface area contributed by atoms with Crippen LogP contribution in [0.4, 0.5) is 4.79 Å². The van der Waals surface area contributed by atoms with Crippen molar-refractivity contribution in [2.75, 3.05) is 13.1 Å². The number of nitrogens with zero attached hydrogens (tertiary/aromatic N) is 1. The first-order valence-electron chi connectivity index (χ1n) is 7.17.